The standard InChI is InChI=1S/C25H35N3O2/c1-6-27(7-2)25(30)21-13-11-20(12-14-21)15-22-9-8-10-23(29)24(22)28-17-18(3)26(5)16-19(28)4/h8-14,18-19,29H,6-7,15-17H2,1-5H3. The third-order valence-electron chi connectivity index (χ3n) is 6.33. The van der Waals surface area contributed by atoms with Crippen molar-refractivity contribution in [1.29, 1.82) is 0 Å². The van der Waals surface area contributed by atoms with Crippen molar-refractivity contribution in [1.82, 2.24) is 9.80 Å². The van der Waals surface area contributed by atoms with Crippen LogP contribution in [0.25, 0.3) is 0 Å². The predicted molar refractivity (Wildman–Crippen MR) is 124 cm³/mol. The number of para-hydroxylation sites is 1. The van der Waals surface area contributed by atoms with Crippen molar-refractivity contribution in [3.05, 3.63) is 59.2 Å². The molecule has 1 aliphatic heterocycles. The number of nitrogens with zero attached hydrogens (tertiary/aromatic N) is 3. The van der Waals surface area contributed by atoms with Gasteiger partial charge in [0.15, 0.2) is 0 Å². The summed E-state index contributed by atoms with van der Waals surface area (Å²) in [7, 11) is 2.16. The second kappa shape index (κ2) is 9.52. The Morgan fingerprint density at radius 1 is 1.03 bits per heavy atom. The topological polar surface area (TPSA) is 47.0 Å². The van der Waals surface area contributed by atoms with Crippen molar-refractivity contribution in [2.45, 2.75) is 46.2 Å². The third kappa shape index (κ3) is 4.62. The molecule has 1 heterocycles. The molecular formula is C25H35N3O2. The van der Waals surface area contributed by atoms with E-state index in [0.717, 1.165) is 41.9 Å². The number of benzene rings is 2. The fourth-order valence-corrected chi connectivity index (χ4v) is 4.34. The number of carbonyl (C=O) groups excluding carboxylic acids is 1. The summed E-state index contributed by atoms with van der Waals surface area (Å²) in [5.41, 5.74) is 3.91. The van der Waals surface area contributed by atoms with Gasteiger partial charge in [-0.05, 0) is 70.5 Å². The van der Waals surface area contributed by atoms with Gasteiger partial charge in [-0.3, -0.25) is 9.69 Å². The number of likely N-dealkylation sites (N-methyl/N-ethyl adjacent to an activating group) is 1. The summed E-state index contributed by atoms with van der Waals surface area (Å²) in [6.07, 6.45) is 0.719. The molecule has 162 valence electrons. The van der Waals surface area contributed by atoms with Gasteiger partial charge < -0.3 is 14.9 Å². The Kier molecular flexibility index (Phi) is 7.03. The first kappa shape index (κ1) is 22.2. The number of carbonyl (C=O) groups is 1. The van der Waals surface area contributed by atoms with Crippen LogP contribution in [0.15, 0.2) is 42.5 Å². The Morgan fingerprint density at radius 2 is 1.70 bits per heavy atom. The zero-order chi connectivity index (χ0) is 21.8. The van der Waals surface area contributed by atoms with Gasteiger partial charge in [0.25, 0.3) is 5.91 Å². The minimum Gasteiger partial charge on any atom is -0.506 e. The molecular weight excluding hydrogens is 374 g/mol. The van der Waals surface area contributed by atoms with Gasteiger partial charge in [-0.25, -0.2) is 0 Å². The molecule has 1 fully saturated rings. The van der Waals surface area contributed by atoms with E-state index < -0.39 is 0 Å². The van der Waals surface area contributed by atoms with Crippen molar-refractivity contribution in [3.63, 3.8) is 0 Å². The van der Waals surface area contributed by atoms with Crippen LogP contribution in [0.3, 0.4) is 0 Å². The largest absolute Gasteiger partial charge is 0.506 e. The molecule has 30 heavy (non-hydrogen) atoms. The van der Waals surface area contributed by atoms with Gasteiger partial charge in [0.05, 0.1) is 5.69 Å². The van der Waals surface area contributed by atoms with E-state index >= 15 is 0 Å². The number of hydrogen-bond donors (Lipinski definition) is 1. The molecule has 2 atom stereocenters. The second-order valence-corrected chi connectivity index (χ2v) is 8.43. The Labute approximate surface area is 180 Å². The monoisotopic (exact) mass is 409 g/mol. The summed E-state index contributed by atoms with van der Waals surface area (Å²) >= 11 is 0. The first-order valence-electron chi connectivity index (χ1n) is 11.0. The number of hydrogen-bond acceptors (Lipinski definition) is 4. The average molecular weight is 410 g/mol. The number of aromatic hydroxyl groups is 1. The molecule has 5 heteroatoms. The number of rotatable bonds is 6. The molecule has 3 rings (SSSR count). The minimum absolute atomic E-state index is 0.0739. The normalized spacial score (nSPS) is 19.7. The van der Waals surface area contributed by atoms with Crippen LogP contribution in [0.1, 0.15) is 49.2 Å². The highest BCUT2D eigenvalue weighted by Gasteiger charge is 2.29. The van der Waals surface area contributed by atoms with E-state index in [0.29, 0.717) is 30.9 Å². The lowest BCUT2D eigenvalue weighted by Gasteiger charge is -2.44. The van der Waals surface area contributed by atoms with Crippen LogP contribution >= 0.6 is 0 Å². The average Bonchev–Trinajstić information content (AvgIpc) is 2.73. The number of phenols is 1. The van der Waals surface area contributed by atoms with Crippen molar-refractivity contribution in [3.8, 4) is 5.75 Å². The summed E-state index contributed by atoms with van der Waals surface area (Å²) in [6.45, 7) is 11.7. The smallest absolute Gasteiger partial charge is 0.253 e. The zero-order valence-corrected chi connectivity index (χ0v) is 18.9. The van der Waals surface area contributed by atoms with Gasteiger partial charge in [0.2, 0.25) is 0 Å². The van der Waals surface area contributed by atoms with Gasteiger partial charge in [-0.1, -0.05) is 24.3 Å². The molecule has 0 aliphatic carbocycles. The van der Waals surface area contributed by atoms with E-state index in [1.807, 2.05) is 49.1 Å². The summed E-state index contributed by atoms with van der Waals surface area (Å²) in [5, 5.41) is 10.7. The van der Waals surface area contributed by atoms with Crippen molar-refractivity contribution in [2.24, 2.45) is 0 Å². The molecule has 2 aromatic carbocycles. The van der Waals surface area contributed by atoms with E-state index in [9.17, 15) is 9.90 Å². The molecule has 0 aromatic heterocycles. The Morgan fingerprint density at radius 3 is 2.33 bits per heavy atom. The van der Waals surface area contributed by atoms with Gasteiger partial charge in [0, 0.05) is 43.8 Å². The lowest BCUT2D eigenvalue weighted by atomic mass is 9.98. The maximum Gasteiger partial charge on any atom is 0.253 e. The number of anilines is 1. The van der Waals surface area contributed by atoms with E-state index in [-0.39, 0.29) is 5.91 Å². The molecule has 1 aliphatic rings. The number of amides is 1. The molecule has 5 nitrogen and oxygen atoms in total. The fraction of sp³-hybridized carbons (Fsp3) is 0.480. The molecule has 2 unspecified atom stereocenters. The van der Waals surface area contributed by atoms with Crippen molar-refractivity contribution < 1.29 is 9.90 Å². The maximum atomic E-state index is 12.6. The molecule has 0 radical (unpaired) electrons. The predicted octanol–water partition coefficient (Wildman–Crippen LogP) is 3.99. The molecule has 0 bridgehead atoms. The lowest BCUT2D eigenvalue weighted by molar-refractivity contribution is 0.0773. The molecule has 1 N–H and O–H groups in total. The van der Waals surface area contributed by atoms with Gasteiger partial charge >= 0.3 is 0 Å². The summed E-state index contributed by atoms with van der Waals surface area (Å²) in [5.74, 6) is 0.411. The summed E-state index contributed by atoms with van der Waals surface area (Å²) < 4.78 is 0. The first-order valence-corrected chi connectivity index (χ1v) is 11.0. The van der Waals surface area contributed by atoms with Crippen LogP contribution in [0.2, 0.25) is 0 Å². The van der Waals surface area contributed by atoms with Gasteiger partial charge in [-0.15, -0.1) is 0 Å². The van der Waals surface area contributed by atoms with Crippen LogP contribution in [0.5, 0.6) is 5.75 Å². The highest BCUT2D eigenvalue weighted by atomic mass is 16.3. The van der Waals surface area contributed by atoms with E-state index in [1.165, 1.54) is 0 Å². The number of phenolic OH excluding ortho intramolecular Hbond substituents is 1. The third-order valence-corrected chi connectivity index (χ3v) is 6.33. The quantitative estimate of drug-likeness (QED) is 0.784. The zero-order valence-electron chi connectivity index (χ0n) is 18.9. The second-order valence-electron chi connectivity index (χ2n) is 8.43. The van der Waals surface area contributed by atoms with Crippen LogP contribution < -0.4 is 4.90 Å². The maximum absolute atomic E-state index is 12.6. The number of piperazine rings is 1. The highest BCUT2D eigenvalue weighted by Crippen LogP contribution is 2.35. The fourth-order valence-electron chi connectivity index (χ4n) is 4.34. The Hall–Kier alpha value is -2.53. The summed E-state index contributed by atoms with van der Waals surface area (Å²) in [6, 6.07) is 14.4. The lowest BCUT2D eigenvalue weighted by Crippen LogP contribution is -2.55. The van der Waals surface area contributed by atoms with Crippen molar-refractivity contribution in [2.75, 3.05) is 38.1 Å². The molecule has 0 spiro atoms. The van der Waals surface area contributed by atoms with Crippen LogP contribution in [0.4, 0.5) is 5.69 Å². The van der Waals surface area contributed by atoms with E-state index in [4.69, 9.17) is 0 Å². The van der Waals surface area contributed by atoms with Crippen molar-refractivity contribution >= 4 is 11.6 Å². The van der Waals surface area contributed by atoms with Gasteiger partial charge in [-0.2, -0.15) is 0 Å². The molecule has 1 amide bonds. The van der Waals surface area contributed by atoms with Crippen LogP contribution in [-0.2, 0) is 6.42 Å². The first-order chi connectivity index (χ1) is 14.3. The molecule has 1 saturated heterocycles. The Balaban J connectivity index is 1.84. The SMILES string of the molecule is CCN(CC)C(=O)c1ccc(Cc2cccc(O)c2N2CC(C)N(C)CC2C)cc1. The van der Waals surface area contributed by atoms with E-state index in [1.54, 1.807) is 6.07 Å². The van der Waals surface area contributed by atoms with Crippen LogP contribution in [0, 0.1) is 0 Å². The molecule has 2 aromatic rings. The van der Waals surface area contributed by atoms with Crippen LogP contribution in [-0.4, -0.2) is 66.1 Å². The minimum atomic E-state index is 0.0739. The highest BCUT2D eigenvalue weighted by molar-refractivity contribution is 5.94. The summed E-state index contributed by atoms with van der Waals surface area (Å²) in [4.78, 5) is 19.1. The Bertz CT molecular complexity index is 861. The van der Waals surface area contributed by atoms with E-state index in [2.05, 4.69) is 36.8 Å². The molecule has 0 saturated carbocycles. The van der Waals surface area contributed by atoms with Gasteiger partial charge in [0.1, 0.15) is 5.75 Å².